The van der Waals surface area contributed by atoms with Crippen molar-refractivity contribution in [2.75, 3.05) is 10.6 Å². The summed E-state index contributed by atoms with van der Waals surface area (Å²) < 4.78 is 38.5. The van der Waals surface area contributed by atoms with Crippen molar-refractivity contribution in [3.05, 3.63) is 83.2 Å². The lowest BCUT2D eigenvalue weighted by molar-refractivity contribution is -0.137. The summed E-state index contributed by atoms with van der Waals surface area (Å²) in [6.07, 6.45) is -1.54. The Labute approximate surface area is 160 Å². The Morgan fingerprint density at radius 2 is 1.75 bits per heavy atom. The molecule has 28 heavy (non-hydrogen) atoms. The predicted octanol–water partition coefficient (Wildman–Crippen LogP) is 5.71. The van der Waals surface area contributed by atoms with Gasteiger partial charge in [0, 0.05) is 17.6 Å². The molecule has 1 amide bonds. The fourth-order valence-corrected chi connectivity index (χ4v) is 2.64. The highest BCUT2D eigenvalue weighted by Gasteiger charge is 2.30. The number of carbonyl (C=O) groups is 1. The summed E-state index contributed by atoms with van der Waals surface area (Å²) in [7, 11) is 0. The van der Waals surface area contributed by atoms with Crippen LogP contribution in [0.3, 0.4) is 0 Å². The summed E-state index contributed by atoms with van der Waals surface area (Å²) in [5.41, 5.74) is 3.07. The van der Waals surface area contributed by atoms with Crippen molar-refractivity contribution < 1.29 is 18.0 Å². The molecule has 1 aromatic heterocycles. The molecule has 0 unspecified atom stereocenters. The van der Waals surface area contributed by atoms with Gasteiger partial charge in [-0.05, 0) is 55.3 Å². The first kappa shape index (κ1) is 19.4. The number of amides is 1. The number of nitrogens with zero attached hydrogens (tertiary/aromatic N) is 1. The van der Waals surface area contributed by atoms with E-state index in [1.807, 2.05) is 32.0 Å². The topological polar surface area (TPSA) is 54.0 Å². The third kappa shape index (κ3) is 4.68. The number of aromatic nitrogens is 1. The molecule has 0 saturated heterocycles. The minimum Gasteiger partial charge on any atom is -0.354 e. The number of benzene rings is 2. The maximum atomic E-state index is 12.8. The standard InChI is InChI=1S/C21H18F3N3O/c1-13-6-7-14(2)19(8-13)26-18-9-15(11-25-12-18)20(28)27-17-5-3-4-16(10-17)21(22,23)24/h3-12,26H,1-2H3,(H,27,28). The van der Waals surface area contributed by atoms with Crippen LogP contribution in [0.5, 0.6) is 0 Å². The van der Waals surface area contributed by atoms with E-state index in [0.29, 0.717) is 5.69 Å². The highest BCUT2D eigenvalue weighted by atomic mass is 19.4. The summed E-state index contributed by atoms with van der Waals surface area (Å²) >= 11 is 0. The van der Waals surface area contributed by atoms with Crippen LogP contribution in [0.15, 0.2) is 60.9 Å². The van der Waals surface area contributed by atoms with Crippen molar-refractivity contribution in [2.45, 2.75) is 20.0 Å². The second-order valence-electron chi connectivity index (χ2n) is 6.44. The van der Waals surface area contributed by atoms with E-state index in [-0.39, 0.29) is 11.3 Å². The molecule has 0 atom stereocenters. The van der Waals surface area contributed by atoms with Gasteiger partial charge in [0.1, 0.15) is 0 Å². The zero-order chi connectivity index (χ0) is 20.3. The molecule has 0 aliphatic heterocycles. The highest BCUT2D eigenvalue weighted by Crippen LogP contribution is 2.30. The molecule has 0 spiro atoms. The fraction of sp³-hybridized carbons (Fsp3) is 0.143. The first-order valence-corrected chi connectivity index (χ1v) is 8.50. The zero-order valence-corrected chi connectivity index (χ0v) is 15.3. The molecule has 2 N–H and O–H groups in total. The number of alkyl halides is 3. The SMILES string of the molecule is Cc1ccc(C)c(Nc2cncc(C(=O)Nc3cccc(C(F)(F)F)c3)c2)c1. The largest absolute Gasteiger partial charge is 0.416 e. The molecular weight excluding hydrogens is 367 g/mol. The lowest BCUT2D eigenvalue weighted by Gasteiger charge is -2.12. The van der Waals surface area contributed by atoms with Crippen LogP contribution in [0.25, 0.3) is 0 Å². The molecule has 4 nitrogen and oxygen atoms in total. The Hall–Kier alpha value is -3.35. The smallest absolute Gasteiger partial charge is 0.354 e. The van der Waals surface area contributed by atoms with E-state index in [4.69, 9.17) is 0 Å². The molecule has 3 aromatic rings. The van der Waals surface area contributed by atoms with Crippen LogP contribution >= 0.6 is 0 Å². The van der Waals surface area contributed by atoms with Gasteiger partial charge in [-0.2, -0.15) is 13.2 Å². The molecule has 0 bridgehead atoms. The van der Waals surface area contributed by atoms with Crippen molar-refractivity contribution >= 4 is 23.0 Å². The minimum atomic E-state index is -4.47. The van der Waals surface area contributed by atoms with Crippen LogP contribution in [0, 0.1) is 13.8 Å². The molecule has 0 saturated carbocycles. The zero-order valence-electron chi connectivity index (χ0n) is 15.3. The quantitative estimate of drug-likeness (QED) is 0.605. The second-order valence-corrected chi connectivity index (χ2v) is 6.44. The van der Waals surface area contributed by atoms with Crippen LogP contribution in [-0.4, -0.2) is 10.9 Å². The Kier molecular flexibility index (Phi) is 5.35. The Morgan fingerprint density at radius 3 is 2.50 bits per heavy atom. The van der Waals surface area contributed by atoms with Gasteiger partial charge >= 0.3 is 6.18 Å². The summed E-state index contributed by atoms with van der Waals surface area (Å²) in [4.78, 5) is 16.5. The number of anilines is 3. The molecule has 0 aliphatic rings. The molecular formula is C21H18F3N3O. The van der Waals surface area contributed by atoms with E-state index < -0.39 is 17.6 Å². The van der Waals surface area contributed by atoms with Gasteiger partial charge in [0.15, 0.2) is 0 Å². The summed E-state index contributed by atoms with van der Waals surface area (Å²) in [5.74, 6) is -0.545. The van der Waals surface area contributed by atoms with E-state index in [1.54, 1.807) is 12.3 Å². The van der Waals surface area contributed by atoms with Gasteiger partial charge in [-0.25, -0.2) is 0 Å². The molecule has 7 heteroatoms. The van der Waals surface area contributed by atoms with E-state index in [1.165, 1.54) is 18.3 Å². The van der Waals surface area contributed by atoms with Gasteiger partial charge in [0.05, 0.1) is 23.0 Å². The average Bonchev–Trinajstić information content (AvgIpc) is 2.64. The number of rotatable bonds is 4. The molecule has 1 heterocycles. The second kappa shape index (κ2) is 7.72. The third-order valence-corrected chi connectivity index (χ3v) is 4.12. The molecule has 144 valence electrons. The van der Waals surface area contributed by atoms with E-state index >= 15 is 0 Å². The van der Waals surface area contributed by atoms with E-state index in [9.17, 15) is 18.0 Å². The lowest BCUT2D eigenvalue weighted by Crippen LogP contribution is -2.13. The number of carbonyl (C=O) groups excluding carboxylic acids is 1. The van der Waals surface area contributed by atoms with Gasteiger partial charge < -0.3 is 10.6 Å². The number of hydrogen-bond donors (Lipinski definition) is 2. The van der Waals surface area contributed by atoms with Crippen molar-refractivity contribution in [1.82, 2.24) is 4.98 Å². The van der Waals surface area contributed by atoms with Crippen LogP contribution < -0.4 is 10.6 Å². The lowest BCUT2D eigenvalue weighted by atomic mass is 10.1. The normalized spacial score (nSPS) is 11.2. The number of halogens is 3. The van der Waals surface area contributed by atoms with Gasteiger partial charge in [-0.3, -0.25) is 9.78 Å². The Balaban J connectivity index is 1.78. The van der Waals surface area contributed by atoms with Crippen molar-refractivity contribution in [1.29, 1.82) is 0 Å². The molecule has 3 rings (SSSR count). The van der Waals surface area contributed by atoms with Gasteiger partial charge in [-0.1, -0.05) is 18.2 Å². The van der Waals surface area contributed by atoms with E-state index in [0.717, 1.165) is 28.9 Å². The maximum Gasteiger partial charge on any atom is 0.416 e. The minimum absolute atomic E-state index is 0.0627. The first-order valence-electron chi connectivity index (χ1n) is 8.50. The summed E-state index contributed by atoms with van der Waals surface area (Å²) in [5, 5.41) is 5.69. The average molecular weight is 385 g/mol. The Morgan fingerprint density at radius 1 is 0.964 bits per heavy atom. The van der Waals surface area contributed by atoms with Crippen LogP contribution in [0.2, 0.25) is 0 Å². The molecule has 0 radical (unpaired) electrons. The molecule has 0 fully saturated rings. The maximum absolute atomic E-state index is 12.8. The number of nitrogens with one attached hydrogen (secondary N) is 2. The molecule has 0 aliphatic carbocycles. The molecule has 2 aromatic carbocycles. The van der Waals surface area contributed by atoms with Crippen LogP contribution in [0.4, 0.5) is 30.2 Å². The van der Waals surface area contributed by atoms with Crippen LogP contribution in [-0.2, 0) is 6.18 Å². The Bertz CT molecular complexity index is 1020. The van der Waals surface area contributed by atoms with Gasteiger partial charge in [0.25, 0.3) is 5.91 Å². The number of pyridine rings is 1. The summed E-state index contributed by atoms with van der Waals surface area (Å²) in [6.45, 7) is 3.93. The van der Waals surface area contributed by atoms with Crippen LogP contribution in [0.1, 0.15) is 27.0 Å². The fourth-order valence-electron chi connectivity index (χ4n) is 2.64. The van der Waals surface area contributed by atoms with E-state index in [2.05, 4.69) is 15.6 Å². The monoisotopic (exact) mass is 385 g/mol. The van der Waals surface area contributed by atoms with Gasteiger partial charge in [-0.15, -0.1) is 0 Å². The van der Waals surface area contributed by atoms with Crippen molar-refractivity contribution in [2.24, 2.45) is 0 Å². The predicted molar refractivity (Wildman–Crippen MR) is 103 cm³/mol. The third-order valence-electron chi connectivity index (χ3n) is 4.12. The number of aryl methyl sites for hydroxylation is 2. The highest BCUT2D eigenvalue weighted by molar-refractivity contribution is 6.04. The first-order chi connectivity index (χ1) is 13.2. The van der Waals surface area contributed by atoms with Crippen molar-refractivity contribution in [3.63, 3.8) is 0 Å². The van der Waals surface area contributed by atoms with Gasteiger partial charge in [0.2, 0.25) is 0 Å². The van der Waals surface area contributed by atoms with Crippen molar-refractivity contribution in [3.8, 4) is 0 Å². The number of hydrogen-bond acceptors (Lipinski definition) is 3. The summed E-state index contributed by atoms with van der Waals surface area (Å²) in [6, 6.07) is 12.0.